The third kappa shape index (κ3) is 5.52. The number of amides is 2. The Morgan fingerprint density at radius 3 is 2.85 bits per heavy atom. The summed E-state index contributed by atoms with van der Waals surface area (Å²) in [6, 6.07) is 7.92. The minimum Gasteiger partial charge on any atom is -0.469 e. The lowest BCUT2D eigenvalue weighted by atomic mass is 10.1. The maximum Gasteiger partial charge on any atom is 0.314 e. The molecule has 7 nitrogen and oxygen atoms in total. The monoisotopic (exact) mass is 375 g/mol. The van der Waals surface area contributed by atoms with E-state index in [0.717, 1.165) is 37.5 Å². The summed E-state index contributed by atoms with van der Waals surface area (Å²) in [5, 5.41) is 8.93. The zero-order valence-electron chi connectivity index (χ0n) is 14.7. The van der Waals surface area contributed by atoms with Gasteiger partial charge in [-0.3, -0.25) is 0 Å². The first-order valence-corrected chi connectivity index (χ1v) is 9.72. The van der Waals surface area contributed by atoms with E-state index in [0.29, 0.717) is 19.6 Å². The van der Waals surface area contributed by atoms with Crippen LogP contribution >= 0.6 is 11.3 Å². The average Bonchev–Trinajstić information content (AvgIpc) is 3.34. The number of furan rings is 1. The predicted octanol–water partition coefficient (Wildman–Crippen LogP) is 2.16. The number of rotatable bonds is 6. The van der Waals surface area contributed by atoms with Gasteiger partial charge in [0.05, 0.1) is 12.8 Å². The standard InChI is InChI=1S/C18H25N5O2S/c19-17(24)23-9-6-14(7-10-23)22-18(21-13-16-4-2-12-26-16)20-8-5-15-3-1-11-25-15/h1-4,11-12,14H,5-10,13H2,(H2,19,24)(H2,20,21,22). The number of piperidine rings is 1. The second-order valence-electron chi connectivity index (χ2n) is 6.24. The molecule has 1 aliphatic heterocycles. The van der Waals surface area contributed by atoms with Crippen LogP contribution in [0.15, 0.2) is 45.3 Å². The second-order valence-corrected chi connectivity index (χ2v) is 7.28. The molecule has 0 unspecified atom stereocenters. The van der Waals surface area contributed by atoms with E-state index < -0.39 is 0 Å². The molecule has 0 bridgehead atoms. The summed E-state index contributed by atoms with van der Waals surface area (Å²) >= 11 is 1.70. The molecule has 0 aliphatic carbocycles. The van der Waals surface area contributed by atoms with Gasteiger partial charge in [-0.25, -0.2) is 9.79 Å². The highest BCUT2D eigenvalue weighted by Gasteiger charge is 2.21. The molecule has 2 amide bonds. The Labute approximate surface area is 157 Å². The minimum absolute atomic E-state index is 0.281. The van der Waals surface area contributed by atoms with Crippen LogP contribution in [-0.4, -0.2) is 42.6 Å². The molecule has 8 heteroatoms. The number of carbonyl (C=O) groups is 1. The molecule has 1 aliphatic rings. The molecule has 0 saturated carbocycles. The maximum atomic E-state index is 11.3. The first-order valence-electron chi connectivity index (χ1n) is 8.84. The number of guanidine groups is 1. The molecule has 2 aromatic heterocycles. The number of aliphatic imine (C=N–C) groups is 1. The van der Waals surface area contributed by atoms with Crippen molar-refractivity contribution < 1.29 is 9.21 Å². The van der Waals surface area contributed by atoms with Crippen LogP contribution in [0.2, 0.25) is 0 Å². The van der Waals surface area contributed by atoms with Gasteiger partial charge in [-0.2, -0.15) is 0 Å². The molecule has 0 spiro atoms. The molecule has 2 aromatic rings. The molecule has 1 saturated heterocycles. The molecule has 4 N–H and O–H groups in total. The lowest BCUT2D eigenvalue weighted by Crippen LogP contribution is -2.51. The molecule has 3 rings (SSSR count). The van der Waals surface area contributed by atoms with Crippen LogP contribution in [0.4, 0.5) is 4.79 Å². The summed E-state index contributed by atoms with van der Waals surface area (Å²) in [7, 11) is 0. The van der Waals surface area contributed by atoms with Crippen LogP contribution < -0.4 is 16.4 Å². The highest BCUT2D eigenvalue weighted by Crippen LogP contribution is 2.11. The van der Waals surface area contributed by atoms with E-state index in [1.807, 2.05) is 18.2 Å². The van der Waals surface area contributed by atoms with Gasteiger partial charge >= 0.3 is 6.03 Å². The van der Waals surface area contributed by atoms with Crippen LogP contribution in [0.5, 0.6) is 0 Å². The van der Waals surface area contributed by atoms with E-state index >= 15 is 0 Å². The van der Waals surface area contributed by atoms with Gasteiger partial charge in [0.15, 0.2) is 5.96 Å². The number of hydrogen-bond donors (Lipinski definition) is 3. The van der Waals surface area contributed by atoms with Crippen molar-refractivity contribution in [1.29, 1.82) is 0 Å². The summed E-state index contributed by atoms with van der Waals surface area (Å²) in [6.45, 7) is 2.74. The Hall–Kier alpha value is -2.48. The third-order valence-electron chi connectivity index (χ3n) is 4.36. The molecule has 26 heavy (non-hydrogen) atoms. The van der Waals surface area contributed by atoms with E-state index in [1.54, 1.807) is 22.5 Å². The van der Waals surface area contributed by atoms with E-state index in [-0.39, 0.29) is 12.1 Å². The fourth-order valence-electron chi connectivity index (χ4n) is 2.91. The number of likely N-dealkylation sites (tertiary alicyclic amines) is 1. The van der Waals surface area contributed by atoms with Crippen LogP contribution in [0.25, 0.3) is 0 Å². The Morgan fingerprint density at radius 2 is 2.19 bits per heavy atom. The van der Waals surface area contributed by atoms with Crippen molar-refractivity contribution in [2.24, 2.45) is 10.7 Å². The normalized spacial score (nSPS) is 15.8. The minimum atomic E-state index is -0.341. The van der Waals surface area contributed by atoms with Crippen LogP contribution in [-0.2, 0) is 13.0 Å². The lowest BCUT2D eigenvalue weighted by Gasteiger charge is -2.32. The van der Waals surface area contributed by atoms with E-state index in [1.165, 1.54) is 4.88 Å². The van der Waals surface area contributed by atoms with Gasteiger partial charge in [-0.15, -0.1) is 11.3 Å². The van der Waals surface area contributed by atoms with Crippen LogP contribution in [0.1, 0.15) is 23.5 Å². The molecule has 140 valence electrons. The number of nitrogens with one attached hydrogen (secondary N) is 2. The average molecular weight is 375 g/mol. The molecular formula is C18H25N5O2S. The molecular weight excluding hydrogens is 350 g/mol. The van der Waals surface area contributed by atoms with Gasteiger partial charge in [0.25, 0.3) is 0 Å². The van der Waals surface area contributed by atoms with Crippen molar-refractivity contribution in [3.05, 3.63) is 46.5 Å². The van der Waals surface area contributed by atoms with Gasteiger partial charge in [0, 0.05) is 37.0 Å². The Balaban J connectivity index is 1.53. The summed E-state index contributed by atoms with van der Waals surface area (Å²) in [5.41, 5.74) is 5.35. The van der Waals surface area contributed by atoms with Crippen molar-refractivity contribution in [1.82, 2.24) is 15.5 Å². The van der Waals surface area contributed by atoms with Crippen molar-refractivity contribution in [3.63, 3.8) is 0 Å². The molecule has 1 fully saturated rings. The Bertz CT molecular complexity index is 691. The van der Waals surface area contributed by atoms with E-state index in [4.69, 9.17) is 15.1 Å². The first kappa shape index (κ1) is 18.3. The summed E-state index contributed by atoms with van der Waals surface area (Å²) in [5.74, 6) is 1.74. The van der Waals surface area contributed by atoms with Crippen LogP contribution in [0.3, 0.4) is 0 Å². The largest absolute Gasteiger partial charge is 0.469 e. The van der Waals surface area contributed by atoms with Gasteiger partial charge in [0.2, 0.25) is 0 Å². The zero-order chi connectivity index (χ0) is 18.2. The Kier molecular flexibility index (Phi) is 6.54. The summed E-state index contributed by atoms with van der Waals surface area (Å²) in [6.07, 6.45) is 4.21. The molecule has 0 atom stereocenters. The van der Waals surface area contributed by atoms with Gasteiger partial charge in [-0.1, -0.05) is 6.07 Å². The summed E-state index contributed by atoms with van der Waals surface area (Å²) < 4.78 is 5.37. The molecule has 0 radical (unpaired) electrons. The van der Waals surface area contributed by atoms with Crippen molar-refractivity contribution in [3.8, 4) is 0 Å². The molecule has 0 aromatic carbocycles. The highest BCUT2D eigenvalue weighted by molar-refractivity contribution is 7.09. The smallest absolute Gasteiger partial charge is 0.314 e. The fraction of sp³-hybridized carbons (Fsp3) is 0.444. The van der Waals surface area contributed by atoms with E-state index in [2.05, 4.69) is 22.1 Å². The topological polar surface area (TPSA) is 95.9 Å². The van der Waals surface area contributed by atoms with Crippen molar-refractivity contribution >= 4 is 23.3 Å². The van der Waals surface area contributed by atoms with Crippen LogP contribution in [0, 0.1) is 0 Å². The number of primary amides is 1. The molecule has 3 heterocycles. The Morgan fingerprint density at radius 1 is 1.35 bits per heavy atom. The number of urea groups is 1. The van der Waals surface area contributed by atoms with E-state index in [9.17, 15) is 4.79 Å². The van der Waals surface area contributed by atoms with Gasteiger partial charge < -0.3 is 25.7 Å². The predicted molar refractivity (Wildman–Crippen MR) is 103 cm³/mol. The quantitative estimate of drug-likeness (QED) is 0.532. The number of nitrogens with zero attached hydrogens (tertiary/aromatic N) is 2. The summed E-state index contributed by atoms with van der Waals surface area (Å²) in [4.78, 5) is 18.9. The first-order chi connectivity index (χ1) is 12.7. The highest BCUT2D eigenvalue weighted by atomic mass is 32.1. The zero-order valence-corrected chi connectivity index (χ0v) is 15.5. The number of hydrogen-bond acceptors (Lipinski definition) is 4. The fourth-order valence-corrected chi connectivity index (χ4v) is 3.54. The lowest BCUT2D eigenvalue weighted by molar-refractivity contribution is 0.188. The number of nitrogens with two attached hydrogens (primary N) is 1. The number of thiophene rings is 1. The van der Waals surface area contributed by atoms with Gasteiger partial charge in [-0.05, 0) is 36.4 Å². The second kappa shape index (κ2) is 9.28. The maximum absolute atomic E-state index is 11.3. The van der Waals surface area contributed by atoms with Gasteiger partial charge in [0.1, 0.15) is 5.76 Å². The third-order valence-corrected chi connectivity index (χ3v) is 5.23. The number of carbonyl (C=O) groups excluding carboxylic acids is 1. The van der Waals surface area contributed by atoms with Crippen molar-refractivity contribution in [2.45, 2.75) is 31.8 Å². The van der Waals surface area contributed by atoms with Crippen molar-refractivity contribution in [2.75, 3.05) is 19.6 Å². The SMILES string of the molecule is NC(=O)N1CCC(NC(=NCc2cccs2)NCCc2ccco2)CC1.